The van der Waals surface area contributed by atoms with Crippen LogP contribution in [0.5, 0.6) is 0 Å². The predicted molar refractivity (Wildman–Crippen MR) is 167 cm³/mol. The monoisotopic (exact) mass is 622 g/mol. The maximum atomic E-state index is 13.8. The van der Waals surface area contributed by atoms with Gasteiger partial charge in [-0.3, -0.25) is 14.4 Å². The first kappa shape index (κ1) is 34.6. The molecule has 0 aliphatic rings. The summed E-state index contributed by atoms with van der Waals surface area (Å²) in [5, 5.41) is 18.1. The number of benzene rings is 2. The van der Waals surface area contributed by atoms with E-state index in [0.29, 0.717) is 0 Å². The van der Waals surface area contributed by atoms with Crippen molar-refractivity contribution in [3.05, 3.63) is 71.9 Å². The van der Waals surface area contributed by atoms with E-state index >= 15 is 0 Å². The number of H-pyrrole nitrogens is 1. The second-order valence-electron chi connectivity index (χ2n) is 12.1. The van der Waals surface area contributed by atoms with Crippen molar-refractivity contribution in [2.75, 3.05) is 0 Å². The van der Waals surface area contributed by atoms with E-state index in [-0.39, 0.29) is 25.9 Å². The van der Waals surface area contributed by atoms with Crippen molar-refractivity contribution in [2.24, 2.45) is 5.92 Å². The van der Waals surface area contributed by atoms with Crippen LogP contribution in [-0.2, 0) is 41.7 Å². The number of esters is 1. The smallest absolute Gasteiger partial charge is 0.408 e. The molecule has 2 aromatic carbocycles. The summed E-state index contributed by atoms with van der Waals surface area (Å²) in [4.78, 5) is 67.3. The number of carbonyl (C=O) groups is 5. The number of ether oxygens (including phenoxy) is 2. The molecule has 0 spiro atoms. The molecule has 3 rings (SSSR count). The van der Waals surface area contributed by atoms with E-state index in [2.05, 4.69) is 20.9 Å². The molecule has 5 N–H and O–H groups in total. The van der Waals surface area contributed by atoms with Crippen LogP contribution in [0.3, 0.4) is 0 Å². The van der Waals surface area contributed by atoms with Gasteiger partial charge < -0.3 is 35.5 Å². The zero-order valence-corrected chi connectivity index (χ0v) is 26.2. The molecule has 0 saturated heterocycles. The van der Waals surface area contributed by atoms with Gasteiger partial charge in [0.2, 0.25) is 11.8 Å². The zero-order chi connectivity index (χ0) is 33.1. The topological polar surface area (TPSA) is 176 Å². The summed E-state index contributed by atoms with van der Waals surface area (Å²) in [5.41, 5.74) is 1.55. The molecule has 12 nitrogen and oxygen atoms in total. The number of aromatic amines is 1. The summed E-state index contributed by atoms with van der Waals surface area (Å²) >= 11 is 0. The van der Waals surface area contributed by atoms with Gasteiger partial charge in [0.25, 0.3) is 0 Å². The van der Waals surface area contributed by atoms with E-state index in [1.165, 1.54) is 0 Å². The van der Waals surface area contributed by atoms with Gasteiger partial charge in [-0.15, -0.1) is 0 Å². The number of rotatable bonds is 14. The molecule has 0 bridgehead atoms. The van der Waals surface area contributed by atoms with Crippen LogP contribution < -0.4 is 16.0 Å². The van der Waals surface area contributed by atoms with Gasteiger partial charge in [0.15, 0.2) is 0 Å². The third-order valence-electron chi connectivity index (χ3n) is 6.84. The van der Waals surface area contributed by atoms with Gasteiger partial charge >= 0.3 is 18.0 Å². The Balaban J connectivity index is 1.83. The molecular formula is C33H42N4O8. The molecule has 0 aliphatic carbocycles. The summed E-state index contributed by atoms with van der Waals surface area (Å²) in [5.74, 6) is -3.80. The van der Waals surface area contributed by atoms with Gasteiger partial charge in [-0.1, -0.05) is 62.4 Å². The first-order chi connectivity index (χ1) is 21.2. The number of fused-ring (bicyclic) bond motifs is 1. The lowest BCUT2D eigenvalue weighted by Crippen LogP contribution is -2.57. The predicted octanol–water partition coefficient (Wildman–Crippen LogP) is 3.84. The Kier molecular flexibility index (Phi) is 12.1. The molecule has 1 aromatic heterocycles. The Hall–Kier alpha value is -4.87. The molecular weight excluding hydrogens is 580 g/mol. The third kappa shape index (κ3) is 11.0. The molecule has 3 aromatic rings. The summed E-state index contributed by atoms with van der Waals surface area (Å²) in [6, 6.07) is 12.8. The maximum Gasteiger partial charge on any atom is 0.408 e. The van der Waals surface area contributed by atoms with Crippen LogP contribution in [0.1, 0.15) is 58.6 Å². The molecule has 3 atom stereocenters. The molecule has 45 heavy (non-hydrogen) atoms. The molecule has 1 heterocycles. The third-order valence-corrected chi connectivity index (χ3v) is 6.84. The van der Waals surface area contributed by atoms with Crippen molar-refractivity contribution < 1.29 is 38.6 Å². The number of carboxylic acid groups (broad SMARTS) is 1. The SMILES string of the molecule is CC(C)[C@H](NC(=O)[C@H](CCC(=O)OC(C)(C)C)NC(=O)[C@H](Cc1c[nH]c2ccccc12)NC(=O)OCc1ccccc1)C(=O)O. The molecule has 0 saturated carbocycles. The highest BCUT2D eigenvalue weighted by Gasteiger charge is 2.32. The average molecular weight is 623 g/mol. The fourth-order valence-electron chi connectivity index (χ4n) is 4.60. The number of carboxylic acids is 1. The van der Waals surface area contributed by atoms with Crippen molar-refractivity contribution in [2.45, 2.75) is 84.2 Å². The normalized spacial score (nSPS) is 13.4. The molecule has 0 unspecified atom stereocenters. The quantitative estimate of drug-likeness (QED) is 0.169. The zero-order valence-electron chi connectivity index (χ0n) is 26.2. The Bertz CT molecular complexity index is 1480. The number of hydrogen-bond acceptors (Lipinski definition) is 7. The molecule has 12 heteroatoms. The highest BCUT2D eigenvalue weighted by molar-refractivity contribution is 5.94. The van der Waals surface area contributed by atoms with Gasteiger partial charge in [-0.2, -0.15) is 0 Å². The number of alkyl carbamates (subject to hydrolysis) is 1. The highest BCUT2D eigenvalue weighted by Crippen LogP contribution is 2.20. The summed E-state index contributed by atoms with van der Waals surface area (Å²) < 4.78 is 10.7. The van der Waals surface area contributed by atoms with Crippen molar-refractivity contribution in [3.63, 3.8) is 0 Å². The number of carbonyl (C=O) groups excluding carboxylic acids is 4. The Labute approximate surface area is 262 Å². The lowest BCUT2D eigenvalue weighted by atomic mass is 10.0. The standard InChI is InChI=1S/C33H42N4O8/c1-20(2)28(31(41)42)37-29(39)25(15-16-27(38)45-33(3,4)5)35-30(40)26(17-22-18-34-24-14-10-9-13-23(22)24)36-32(43)44-19-21-11-7-6-8-12-21/h6-14,18,20,25-26,28,34H,15-17,19H2,1-5H3,(H,35,40)(H,36,43)(H,37,39)(H,41,42)/t25-,26-,28-/m0/s1. The van der Waals surface area contributed by atoms with Gasteiger partial charge in [-0.25, -0.2) is 9.59 Å². The Morgan fingerprint density at radius 3 is 2.16 bits per heavy atom. The Morgan fingerprint density at radius 1 is 0.867 bits per heavy atom. The highest BCUT2D eigenvalue weighted by atomic mass is 16.6. The number of nitrogens with one attached hydrogen (secondary N) is 4. The van der Waals surface area contributed by atoms with Crippen LogP contribution in [0.25, 0.3) is 10.9 Å². The van der Waals surface area contributed by atoms with Gasteiger partial charge in [0, 0.05) is 29.9 Å². The number of para-hydroxylation sites is 1. The van der Waals surface area contributed by atoms with Crippen molar-refractivity contribution in [1.29, 1.82) is 0 Å². The minimum absolute atomic E-state index is 0.0270. The average Bonchev–Trinajstić information content (AvgIpc) is 3.38. The van der Waals surface area contributed by atoms with Crippen LogP contribution in [0.15, 0.2) is 60.8 Å². The van der Waals surface area contributed by atoms with E-state index in [1.807, 2.05) is 30.3 Å². The number of amides is 3. The van der Waals surface area contributed by atoms with E-state index in [9.17, 15) is 29.1 Å². The van der Waals surface area contributed by atoms with Crippen LogP contribution in [0.2, 0.25) is 0 Å². The fourth-order valence-corrected chi connectivity index (χ4v) is 4.60. The molecule has 242 valence electrons. The van der Waals surface area contributed by atoms with Crippen LogP contribution >= 0.6 is 0 Å². The molecule has 0 fully saturated rings. The lowest BCUT2D eigenvalue weighted by Gasteiger charge is -2.26. The summed E-state index contributed by atoms with van der Waals surface area (Å²) in [7, 11) is 0. The van der Waals surface area contributed by atoms with Crippen molar-refractivity contribution in [1.82, 2.24) is 20.9 Å². The maximum absolute atomic E-state index is 13.8. The first-order valence-electron chi connectivity index (χ1n) is 14.8. The first-order valence-corrected chi connectivity index (χ1v) is 14.8. The summed E-state index contributed by atoms with van der Waals surface area (Å²) in [6.45, 7) is 8.35. The largest absolute Gasteiger partial charge is 0.480 e. The second-order valence-corrected chi connectivity index (χ2v) is 12.1. The Morgan fingerprint density at radius 2 is 1.51 bits per heavy atom. The molecule has 0 radical (unpaired) electrons. The minimum atomic E-state index is -1.31. The van der Waals surface area contributed by atoms with Gasteiger partial charge in [0.05, 0.1) is 0 Å². The van der Waals surface area contributed by atoms with Crippen LogP contribution in [0, 0.1) is 5.92 Å². The molecule has 0 aliphatic heterocycles. The van der Waals surface area contributed by atoms with E-state index in [4.69, 9.17) is 9.47 Å². The second kappa shape index (κ2) is 15.7. The number of aromatic nitrogens is 1. The lowest BCUT2D eigenvalue weighted by molar-refractivity contribution is -0.155. The van der Waals surface area contributed by atoms with Crippen LogP contribution in [-0.4, -0.2) is 63.7 Å². The van der Waals surface area contributed by atoms with E-state index < -0.39 is 59.5 Å². The van der Waals surface area contributed by atoms with E-state index in [0.717, 1.165) is 22.0 Å². The van der Waals surface area contributed by atoms with Crippen molar-refractivity contribution in [3.8, 4) is 0 Å². The fraction of sp³-hybridized carbons (Fsp3) is 0.424. The van der Waals surface area contributed by atoms with E-state index in [1.54, 1.807) is 65.1 Å². The number of hydrogen-bond donors (Lipinski definition) is 5. The van der Waals surface area contributed by atoms with Gasteiger partial charge in [0.1, 0.15) is 30.3 Å². The van der Waals surface area contributed by atoms with Crippen LogP contribution in [0.4, 0.5) is 4.79 Å². The van der Waals surface area contributed by atoms with Gasteiger partial charge in [-0.05, 0) is 50.3 Å². The molecule has 3 amide bonds. The number of aliphatic carboxylic acids is 1. The van der Waals surface area contributed by atoms with Crippen molar-refractivity contribution >= 4 is 40.7 Å². The minimum Gasteiger partial charge on any atom is -0.480 e. The summed E-state index contributed by atoms with van der Waals surface area (Å²) in [6.07, 6.45) is 0.526.